The van der Waals surface area contributed by atoms with E-state index in [1.165, 1.54) is 24.7 Å². The Hall–Kier alpha value is -3.93. The predicted molar refractivity (Wildman–Crippen MR) is 144 cm³/mol. The Balaban J connectivity index is 2.21. The van der Waals surface area contributed by atoms with Gasteiger partial charge in [0.1, 0.15) is 23.9 Å². The molecule has 0 saturated heterocycles. The minimum absolute atomic E-state index is 0.0193. The third kappa shape index (κ3) is 9.40. The maximum Gasteiger partial charge on any atom is 0.326 e. The fraction of sp³-hybridized carbons (Fsp3) is 0.519. The first-order chi connectivity index (χ1) is 18.5. The van der Waals surface area contributed by atoms with Crippen LogP contribution in [0.1, 0.15) is 51.8 Å². The summed E-state index contributed by atoms with van der Waals surface area (Å²) >= 11 is 0. The highest BCUT2D eigenvalue weighted by Gasteiger charge is 2.33. The number of hydrogen-bond acceptors (Lipinski definition) is 7. The van der Waals surface area contributed by atoms with Crippen LogP contribution in [0.3, 0.4) is 0 Å². The molecule has 0 aliphatic heterocycles. The molecular formula is C27H40N6O6. The van der Waals surface area contributed by atoms with Gasteiger partial charge in [0.25, 0.3) is 0 Å². The molecule has 0 bridgehead atoms. The van der Waals surface area contributed by atoms with Gasteiger partial charge in [-0.2, -0.15) is 0 Å². The summed E-state index contributed by atoms with van der Waals surface area (Å²) in [5, 5.41) is 27.1. The number of nitrogens with zero attached hydrogens (tertiary/aromatic N) is 1. The number of nitrogens with two attached hydrogens (primary N) is 1. The van der Waals surface area contributed by atoms with Gasteiger partial charge in [0.2, 0.25) is 17.7 Å². The van der Waals surface area contributed by atoms with Crippen LogP contribution in [-0.2, 0) is 32.0 Å². The van der Waals surface area contributed by atoms with Crippen molar-refractivity contribution in [3.63, 3.8) is 0 Å². The number of rotatable bonds is 15. The summed E-state index contributed by atoms with van der Waals surface area (Å²) in [7, 11) is 0. The Morgan fingerprint density at radius 3 is 2.05 bits per heavy atom. The van der Waals surface area contributed by atoms with Crippen molar-refractivity contribution in [2.45, 2.75) is 77.5 Å². The maximum atomic E-state index is 13.4. The Morgan fingerprint density at radius 1 is 0.897 bits per heavy atom. The standard InChI is InChI=1S/C27H40N6O6/c1-5-15(3)22(28)25(36)31-20(12-18-13-29-14-30-18)24(35)33-23(16(4)6-2)26(37)32-21(27(38)39)11-17-7-9-19(34)10-8-17/h7-10,13-16,20-23,34H,5-6,11-12,28H2,1-4H3,(H,29,30)(H,31,36)(H,32,37)(H,33,35)(H,38,39). The Morgan fingerprint density at radius 2 is 1.51 bits per heavy atom. The number of aliphatic carboxylic acids is 1. The second-order valence-electron chi connectivity index (χ2n) is 9.90. The number of phenolic OH excluding ortho intramolecular Hbond substituents is 1. The number of H-pyrrole nitrogens is 1. The average Bonchev–Trinajstić information content (AvgIpc) is 3.43. The molecule has 8 N–H and O–H groups in total. The summed E-state index contributed by atoms with van der Waals surface area (Å²) in [6, 6.07) is 1.79. The van der Waals surface area contributed by atoms with E-state index in [2.05, 4.69) is 25.9 Å². The molecule has 2 aromatic rings. The van der Waals surface area contributed by atoms with Gasteiger partial charge >= 0.3 is 5.97 Å². The van der Waals surface area contributed by atoms with Gasteiger partial charge in [-0.3, -0.25) is 14.4 Å². The lowest BCUT2D eigenvalue weighted by Crippen LogP contribution is -2.59. The summed E-state index contributed by atoms with van der Waals surface area (Å²) in [6.07, 6.45) is 4.24. The van der Waals surface area contributed by atoms with Gasteiger partial charge in [0, 0.05) is 24.7 Å². The number of carboxylic acids is 1. The number of aromatic amines is 1. The van der Waals surface area contributed by atoms with E-state index in [1.807, 2.05) is 20.8 Å². The van der Waals surface area contributed by atoms with E-state index in [9.17, 15) is 29.4 Å². The molecule has 1 aromatic carbocycles. The molecule has 0 aliphatic carbocycles. The van der Waals surface area contributed by atoms with E-state index in [0.717, 1.165) is 0 Å². The molecule has 6 unspecified atom stereocenters. The molecule has 12 nitrogen and oxygen atoms in total. The first kappa shape index (κ1) is 31.3. The third-order valence-electron chi connectivity index (χ3n) is 6.96. The fourth-order valence-electron chi connectivity index (χ4n) is 3.89. The molecule has 6 atom stereocenters. The zero-order chi connectivity index (χ0) is 29.1. The first-order valence-electron chi connectivity index (χ1n) is 13.1. The minimum Gasteiger partial charge on any atom is -0.508 e. The van der Waals surface area contributed by atoms with Crippen molar-refractivity contribution < 1.29 is 29.4 Å². The van der Waals surface area contributed by atoms with E-state index in [0.29, 0.717) is 24.1 Å². The summed E-state index contributed by atoms with van der Waals surface area (Å²) in [5.41, 5.74) is 7.27. The number of nitrogens with one attached hydrogen (secondary N) is 4. The molecule has 214 valence electrons. The van der Waals surface area contributed by atoms with Crippen molar-refractivity contribution >= 4 is 23.7 Å². The lowest BCUT2D eigenvalue weighted by Gasteiger charge is -2.28. The molecule has 0 aliphatic rings. The number of carboxylic acid groups (broad SMARTS) is 1. The van der Waals surface area contributed by atoms with Gasteiger partial charge < -0.3 is 36.9 Å². The van der Waals surface area contributed by atoms with Crippen LogP contribution in [0.25, 0.3) is 0 Å². The molecule has 12 heteroatoms. The van der Waals surface area contributed by atoms with Gasteiger partial charge in [-0.15, -0.1) is 0 Å². The van der Waals surface area contributed by atoms with Crippen molar-refractivity contribution in [3.05, 3.63) is 48.0 Å². The van der Waals surface area contributed by atoms with Crippen LogP contribution in [0.4, 0.5) is 0 Å². The van der Waals surface area contributed by atoms with E-state index in [-0.39, 0.29) is 30.4 Å². The lowest BCUT2D eigenvalue weighted by molar-refractivity contribution is -0.142. The Labute approximate surface area is 228 Å². The molecule has 0 fully saturated rings. The molecule has 3 amide bonds. The molecule has 1 aromatic heterocycles. The number of aromatic hydroxyl groups is 1. The molecular weight excluding hydrogens is 504 g/mol. The largest absolute Gasteiger partial charge is 0.508 e. The number of carbonyl (C=O) groups is 4. The van der Waals surface area contributed by atoms with Crippen molar-refractivity contribution in [1.29, 1.82) is 0 Å². The SMILES string of the molecule is CCC(C)C(N)C(=O)NC(Cc1cnc[nH]1)C(=O)NC(C(=O)NC(Cc1ccc(O)cc1)C(=O)O)C(C)CC. The van der Waals surface area contributed by atoms with Gasteiger partial charge in [0.15, 0.2) is 0 Å². The Bertz CT molecular complexity index is 1090. The van der Waals surface area contributed by atoms with Gasteiger partial charge in [-0.05, 0) is 29.5 Å². The number of hydrogen-bond donors (Lipinski definition) is 7. The molecule has 1 heterocycles. The molecule has 39 heavy (non-hydrogen) atoms. The Kier molecular flexibility index (Phi) is 11.9. The van der Waals surface area contributed by atoms with Crippen LogP contribution in [0.15, 0.2) is 36.8 Å². The van der Waals surface area contributed by atoms with Crippen LogP contribution < -0.4 is 21.7 Å². The summed E-state index contributed by atoms with van der Waals surface area (Å²) in [5.74, 6) is -3.42. The number of carbonyl (C=O) groups excluding carboxylic acids is 3. The third-order valence-corrected chi connectivity index (χ3v) is 6.96. The summed E-state index contributed by atoms with van der Waals surface area (Å²) in [4.78, 5) is 58.3. The van der Waals surface area contributed by atoms with Crippen LogP contribution in [0.2, 0.25) is 0 Å². The molecule has 2 rings (SSSR count). The van der Waals surface area contributed by atoms with Crippen molar-refractivity contribution in [2.75, 3.05) is 0 Å². The van der Waals surface area contributed by atoms with Gasteiger partial charge in [-0.1, -0.05) is 52.7 Å². The number of benzene rings is 1. The fourth-order valence-corrected chi connectivity index (χ4v) is 3.89. The monoisotopic (exact) mass is 544 g/mol. The van der Waals surface area contributed by atoms with Gasteiger partial charge in [-0.25, -0.2) is 9.78 Å². The molecule has 0 saturated carbocycles. The second kappa shape index (κ2) is 14.9. The zero-order valence-electron chi connectivity index (χ0n) is 22.8. The first-order valence-corrected chi connectivity index (χ1v) is 13.1. The number of amides is 3. The van der Waals surface area contributed by atoms with E-state index in [4.69, 9.17) is 5.73 Å². The highest BCUT2D eigenvalue weighted by Crippen LogP contribution is 2.14. The van der Waals surface area contributed by atoms with Crippen molar-refractivity contribution in [3.8, 4) is 5.75 Å². The lowest BCUT2D eigenvalue weighted by atomic mass is 9.96. The average molecular weight is 545 g/mol. The number of imidazole rings is 1. The van der Waals surface area contributed by atoms with Crippen molar-refractivity contribution in [2.24, 2.45) is 17.6 Å². The maximum absolute atomic E-state index is 13.4. The predicted octanol–water partition coefficient (Wildman–Crippen LogP) is 0.859. The van der Waals surface area contributed by atoms with Crippen LogP contribution in [-0.4, -0.2) is 68.0 Å². The normalized spacial score (nSPS) is 15.7. The summed E-state index contributed by atoms with van der Waals surface area (Å²) in [6.45, 7) is 7.36. The smallest absolute Gasteiger partial charge is 0.326 e. The van der Waals surface area contributed by atoms with Crippen molar-refractivity contribution in [1.82, 2.24) is 25.9 Å². The number of aromatic nitrogens is 2. The molecule has 0 spiro atoms. The highest BCUT2D eigenvalue weighted by molar-refractivity contribution is 5.94. The van der Waals surface area contributed by atoms with E-state index in [1.54, 1.807) is 19.1 Å². The highest BCUT2D eigenvalue weighted by atomic mass is 16.4. The van der Waals surface area contributed by atoms with Crippen LogP contribution in [0, 0.1) is 11.8 Å². The summed E-state index contributed by atoms with van der Waals surface area (Å²) < 4.78 is 0. The minimum atomic E-state index is -1.26. The van der Waals surface area contributed by atoms with Crippen LogP contribution >= 0.6 is 0 Å². The topological polar surface area (TPSA) is 200 Å². The number of phenols is 1. The van der Waals surface area contributed by atoms with Gasteiger partial charge in [0.05, 0.1) is 12.4 Å². The quantitative estimate of drug-likeness (QED) is 0.171. The van der Waals surface area contributed by atoms with Crippen LogP contribution in [0.5, 0.6) is 5.75 Å². The molecule has 0 radical (unpaired) electrons. The second-order valence-corrected chi connectivity index (χ2v) is 9.90. The van der Waals surface area contributed by atoms with E-state index < -0.39 is 47.9 Å². The zero-order valence-corrected chi connectivity index (χ0v) is 22.8. The van der Waals surface area contributed by atoms with E-state index >= 15 is 0 Å².